The molecule has 8 nitrogen and oxygen atoms in total. The molecular formula is C36H36N6O2. The Bertz CT molecular complexity index is 2080. The van der Waals surface area contributed by atoms with Crippen LogP contribution in [0.25, 0.3) is 32.7 Å². The Balaban J connectivity index is 1.24. The first-order chi connectivity index (χ1) is 21.3. The van der Waals surface area contributed by atoms with Gasteiger partial charge in [0.15, 0.2) is 0 Å². The van der Waals surface area contributed by atoms with E-state index in [9.17, 15) is 9.90 Å². The normalized spacial score (nSPS) is 23.3. The zero-order valence-electron chi connectivity index (χ0n) is 25.1. The topological polar surface area (TPSA) is 92.2 Å². The van der Waals surface area contributed by atoms with Crippen LogP contribution >= 0.6 is 0 Å². The number of nitrogens with zero attached hydrogens (tertiary/aromatic N) is 3. The molecule has 4 aromatic carbocycles. The number of allylic oxidation sites excluding steroid dienone is 2. The Labute approximate surface area is 255 Å². The fourth-order valence-corrected chi connectivity index (χ4v) is 8.00. The van der Waals surface area contributed by atoms with E-state index in [1.807, 2.05) is 18.2 Å². The van der Waals surface area contributed by atoms with Crippen molar-refractivity contribution in [3.8, 4) is 0 Å². The molecule has 44 heavy (non-hydrogen) atoms. The lowest BCUT2D eigenvalue weighted by Gasteiger charge is -2.46. The number of aliphatic hydroxyl groups excluding tert-OH is 1. The maximum absolute atomic E-state index is 14.2. The van der Waals surface area contributed by atoms with Crippen molar-refractivity contribution >= 4 is 55.5 Å². The van der Waals surface area contributed by atoms with Crippen LogP contribution in [0.15, 0.2) is 71.4 Å². The number of anilines is 3. The summed E-state index contributed by atoms with van der Waals surface area (Å²) < 4.78 is 0. The van der Waals surface area contributed by atoms with Crippen LogP contribution in [0.5, 0.6) is 0 Å². The van der Waals surface area contributed by atoms with E-state index in [1.165, 1.54) is 0 Å². The highest BCUT2D eigenvalue weighted by Crippen LogP contribution is 2.48. The number of piperidine rings is 2. The highest BCUT2D eigenvalue weighted by molar-refractivity contribution is 6.52. The number of nitrogens with one attached hydrogen (secondary N) is 3. The van der Waals surface area contributed by atoms with Gasteiger partial charge in [0.2, 0.25) is 5.78 Å². The molecule has 0 saturated carbocycles. The van der Waals surface area contributed by atoms with Gasteiger partial charge in [0, 0.05) is 84.8 Å². The van der Waals surface area contributed by atoms with Crippen LogP contribution in [0.4, 0.5) is 17.1 Å². The second-order valence-electron chi connectivity index (χ2n) is 13.4. The van der Waals surface area contributed by atoms with Crippen molar-refractivity contribution in [2.24, 2.45) is 4.99 Å². The van der Waals surface area contributed by atoms with E-state index in [2.05, 4.69) is 82.3 Å². The molecule has 0 amide bonds. The molecule has 4 heterocycles. The largest absolute Gasteiger partial charge is 0.506 e. The van der Waals surface area contributed by atoms with E-state index in [0.29, 0.717) is 16.4 Å². The minimum absolute atomic E-state index is 0.0556. The van der Waals surface area contributed by atoms with Crippen molar-refractivity contribution in [1.82, 2.24) is 9.80 Å². The van der Waals surface area contributed by atoms with E-state index in [0.717, 1.165) is 101 Å². The van der Waals surface area contributed by atoms with E-state index in [-0.39, 0.29) is 17.2 Å². The third-order valence-electron chi connectivity index (χ3n) is 10.6. The van der Waals surface area contributed by atoms with Crippen LogP contribution in [0, 0.1) is 0 Å². The van der Waals surface area contributed by atoms with Crippen molar-refractivity contribution in [3.63, 3.8) is 0 Å². The van der Waals surface area contributed by atoms with E-state index >= 15 is 0 Å². The monoisotopic (exact) mass is 584 g/mol. The third kappa shape index (κ3) is 3.64. The Morgan fingerprint density at radius 2 is 1.36 bits per heavy atom. The van der Waals surface area contributed by atoms with Crippen LogP contribution in [0.2, 0.25) is 0 Å². The van der Waals surface area contributed by atoms with Gasteiger partial charge in [-0.1, -0.05) is 48.5 Å². The van der Waals surface area contributed by atoms with Crippen LogP contribution in [-0.2, 0) is 4.79 Å². The summed E-state index contributed by atoms with van der Waals surface area (Å²) in [5, 5.41) is 29.0. The van der Waals surface area contributed by atoms with Crippen LogP contribution in [-0.4, -0.2) is 72.3 Å². The molecule has 0 unspecified atom stereocenters. The van der Waals surface area contributed by atoms with Crippen LogP contribution in [0.3, 0.4) is 0 Å². The first kappa shape index (κ1) is 26.0. The number of carbonyl (C=O) groups excluding carboxylic acids is 1. The van der Waals surface area contributed by atoms with Crippen molar-refractivity contribution in [2.75, 3.05) is 56.2 Å². The summed E-state index contributed by atoms with van der Waals surface area (Å²) in [7, 11) is 4.30. The number of carbonyl (C=O) groups is 1. The summed E-state index contributed by atoms with van der Waals surface area (Å²) >= 11 is 0. The summed E-state index contributed by atoms with van der Waals surface area (Å²) in [5.41, 5.74) is 3.83. The average Bonchev–Trinajstić information content (AvgIpc) is 3.03. The molecule has 0 aromatic heterocycles. The van der Waals surface area contributed by atoms with E-state index < -0.39 is 5.66 Å². The Morgan fingerprint density at radius 3 is 2.07 bits per heavy atom. The minimum Gasteiger partial charge on any atom is -0.506 e. The molecular weight excluding hydrogens is 548 g/mol. The van der Waals surface area contributed by atoms with Crippen LogP contribution < -0.4 is 26.5 Å². The van der Waals surface area contributed by atoms with Gasteiger partial charge >= 0.3 is 0 Å². The van der Waals surface area contributed by atoms with Gasteiger partial charge < -0.3 is 30.9 Å². The van der Waals surface area contributed by atoms with Crippen LogP contribution in [0.1, 0.15) is 31.2 Å². The van der Waals surface area contributed by atoms with Crippen molar-refractivity contribution < 1.29 is 9.90 Å². The molecule has 222 valence electrons. The number of rotatable bonds is 1. The number of aliphatic hydroxyl groups is 1. The lowest BCUT2D eigenvalue weighted by molar-refractivity contribution is -0.109. The molecule has 9 rings (SSSR count). The summed E-state index contributed by atoms with van der Waals surface area (Å²) in [6.45, 7) is 3.84. The number of Topliss-reactive ketones (excluding diaryl/α,β-unsaturated/α-hetero) is 1. The molecule has 8 heteroatoms. The first-order valence-electron chi connectivity index (χ1n) is 15.8. The number of hydrogen-bond donors (Lipinski definition) is 4. The van der Waals surface area contributed by atoms with Gasteiger partial charge in [0.1, 0.15) is 17.1 Å². The second-order valence-corrected chi connectivity index (χ2v) is 13.4. The molecule has 2 saturated heterocycles. The Hall–Kier alpha value is -4.40. The second kappa shape index (κ2) is 9.06. The molecule has 1 aliphatic carbocycles. The van der Waals surface area contributed by atoms with E-state index in [1.54, 1.807) is 0 Å². The average molecular weight is 585 g/mol. The number of ketones is 1. The summed E-state index contributed by atoms with van der Waals surface area (Å²) in [6, 6.07) is 20.6. The predicted molar refractivity (Wildman–Crippen MR) is 176 cm³/mol. The third-order valence-corrected chi connectivity index (χ3v) is 10.6. The van der Waals surface area contributed by atoms with Gasteiger partial charge in [-0.25, -0.2) is 0 Å². The Kier molecular flexibility index (Phi) is 5.36. The fraction of sp³-hybridized carbons (Fsp3) is 0.333. The van der Waals surface area contributed by atoms with Gasteiger partial charge in [-0.15, -0.1) is 0 Å². The van der Waals surface area contributed by atoms with E-state index in [4.69, 9.17) is 4.99 Å². The molecule has 0 bridgehead atoms. The SMILES string of the molecule is CN1CCC2(CC1)N=c1/c(=C3\C(=O)C(c4ccc5cccc6c5c4NC4(CCN(C)CC4)N6)=C3O)ccc3cccc(c13)N2. The number of hydrogen-bond acceptors (Lipinski definition) is 8. The zero-order valence-corrected chi connectivity index (χ0v) is 25.1. The van der Waals surface area contributed by atoms with Gasteiger partial charge in [0.05, 0.1) is 22.2 Å². The maximum atomic E-state index is 14.2. The lowest BCUT2D eigenvalue weighted by atomic mass is 9.79. The maximum Gasteiger partial charge on any atom is 0.201 e. The molecule has 4 N–H and O–H groups in total. The summed E-state index contributed by atoms with van der Waals surface area (Å²) in [4.78, 5) is 24.3. The molecule has 2 fully saturated rings. The van der Waals surface area contributed by atoms with Gasteiger partial charge in [-0.3, -0.25) is 9.79 Å². The smallest absolute Gasteiger partial charge is 0.201 e. The molecule has 2 spiro atoms. The summed E-state index contributed by atoms with van der Waals surface area (Å²) in [6.07, 6.45) is 3.62. The fourth-order valence-electron chi connectivity index (χ4n) is 8.00. The minimum atomic E-state index is -0.419. The van der Waals surface area contributed by atoms with Gasteiger partial charge in [0.25, 0.3) is 0 Å². The summed E-state index contributed by atoms with van der Waals surface area (Å²) in [5.74, 6) is -0.0762. The molecule has 4 aliphatic heterocycles. The lowest BCUT2D eigenvalue weighted by Crippen LogP contribution is -2.55. The van der Waals surface area contributed by atoms with Crippen molar-refractivity contribution in [2.45, 2.75) is 37.0 Å². The highest BCUT2D eigenvalue weighted by Gasteiger charge is 2.42. The molecule has 4 aromatic rings. The Morgan fingerprint density at radius 1 is 0.727 bits per heavy atom. The quantitative estimate of drug-likeness (QED) is 0.263. The highest BCUT2D eigenvalue weighted by atomic mass is 16.3. The first-order valence-corrected chi connectivity index (χ1v) is 15.8. The standard InChI is InChI=1S/C36H36N6O2/c1-41-17-13-35(14-18-41)37-25-7-3-5-21-9-11-23(31(39-35)27(21)25)29-33(43)30(34(29)44)24-12-10-22-6-4-8-26-28(22)32(24)40-36(38-26)15-19-42(2)20-16-36/h3-12,37-39,43H,13-20H2,1-2H3/b30-24-. The van der Waals surface area contributed by atoms with Crippen molar-refractivity contribution in [1.29, 1.82) is 0 Å². The van der Waals surface area contributed by atoms with Gasteiger partial charge in [-0.2, -0.15) is 0 Å². The zero-order chi connectivity index (χ0) is 29.8. The molecule has 0 atom stereocenters. The molecule has 0 radical (unpaired) electrons. The number of likely N-dealkylation sites (tertiary alicyclic amines) is 2. The predicted octanol–water partition coefficient (Wildman–Crippen LogP) is 4.42. The van der Waals surface area contributed by atoms with Gasteiger partial charge in [-0.05, 0) is 37.0 Å². The van der Waals surface area contributed by atoms with Crippen molar-refractivity contribution in [3.05, 3.63) is 82.6 Å². The molecule has 5 aliphatic rings. The number of benzene rings is 4.